The van der Waals surface area contributed by atoms with Crippen molar-refractivity contribution in [2.75, 3.05) is 31.1 Å². The van der Waals surface area contributed by atoms with Crippen LogP contribution in [0.1, 0.15) is 15.9 Å². The summed E-state index contributed by atoms with van der Waals surface area (Å²) in [6, 6.07) is 14.8. The van der Waals surface area contributed by atoms with Crippen LogP contribution in [0, 0.1) is 10.1 Å². The molecule has 0 amide bonds. The summed E-state index contributed by atoms with van der Waals surface area (Å²) in [4.78, 5) is 26.2. The molecule has 1 aliphatic heterocycles. The Hall–Kier alpha value is -2.73. The van der Waals surface area contributed by atoms with Crippen molar-refractivity contribution in [2.45, 2.75) is 6.54 Å². The molecule has 0 radical (unpaired) electrons. The number of rotatable bonds is 5. The van der Waals surface area contributed by atoms with Crippen LogP contribution >= 0.6 is 0 Å². The first-order valence-electron chi connectivity index (χ1n) is 7.92. The summed E-state index contributed by atoms with van der Waals surface area (Å²) in [5.41, 5.74) is 2.31. The summed E-state index contributed by atoms with van der Waals surface area (Å²) in [6.07, 6.45) is 0.721. The lowest BCUT2D eigenvalue weighted by molar-refractivity contribution is -0.384. The van der Waals surface area contributed by atoms with Gasteiger partial charge in [0.2, 0.25) is 0 Å². The number of nitro benzene ring substituents is 1. The third kappa shape index (κ3) is 3.60. The van der Waals surface area contributed by atoms with E-state index in [2.05, 4.69) is 17.0 Å². The van der Waals surface area contributed by atoms with Crippen molar-refractivity contribution in [3.05, 3.63) is 69.8 Å². The zero-order valence-corrected chi connectivity index (χ0v) is 13.3. The molecule has 0 aliphatic carbocycles. The van der Waals surface area contributed by atoms with E-state index >= 15 is 0 Å². The smallest absolute Gasteiger partial charge is 0.292 e. The fraction of sp³-hybridized carbons (Fsp3) is 0.278. The Kier molecular flexibility index (Phi) is 4.86. The predicted molar refractivity (Wildman–Crippen MR) is 92.4 cm³/mol. The highest BCUT2D eigenvalue weighted by atomic mass is 16.6. The molecule has 1 fully saturated rings. The van der Waals surface area contributed by atoms with Crippen LogP contribution in [0.15, 0.2) is 48.5 Å². The molecule has 0 aromatic heterocycles. The molecule has 1 heterocycles. The average Bonchev–Trinajstić information content (AvgIpc) is 2.62. The van der Waals surface area contributed by atoms with Gasteiger partial charge < -0.3 is 4.90 Å². The number of aldehydes is 1. The first-order chi connectivity index (χ1) is 11.7. The van der Waals surface area contributed by atoms with Crippen molar-refractivity contribution in [1.29, 1.82) is 0 Å². The Morgan fingerprint density at radius 3 is 2.38 bits per heavy atom. The molecule has 0 saturated carbocycles. The molecule has 24 heavy (non-hydrogen) atoms. The van der Waals surface area contributed by atoms with Crippen LogP contribution in [0.5, 0.6) is 0 Å². The SMILES string of the molecule is O=Cc1ccc([N+](=O)[O-])c(N2CCN(Cc3ccccc3)CC2)c1. The number of piperazine rings is 1. The van der Waals surface area contributed by atoms with Crippen LogP contribution < -0.4 is 4.90 Å². The van der Waals surface area contributed by atoms with Gasteiger partial charge in [0, 0.05) is 44.4 Å². The van der Waals surface area contributed by atoms with E-state index in [-0.39, 0.29) is 10.6 Å². The van der Waals surface area contributed by atoms with Gasteiger partial charge in [-0.2, -0.15) is 0 Å². The fourth-order valence-corrected chi connectivity index (χ4v) is 3.01. The van der Waals surface area contributed by atoms with E-state index in [1.54, 1.807) is 6.07 Å². The number of carbonyl (C=O) groups excluding carboxylic acids is 1. The van der Waals surface area contributed by atoms with Gasteiger partial charge in [-0.1, -0.05) is 30.3 Å². The van der Waals surface area contributed by atoms with E-state index in [9.17, 15) is 14.9 Å². The molecular formula is C18H19N3O3. The second-order valence-electron chi connectivity index (χ2n) is 5.87. The second kappa shape index (κ2) is 7.23. The summed E-state index contributed by atoms with van der Waals surface area (Å²) in [6.45, 7) is 3.95. The Labute approximate surface area is 140 Å². The molecule has 6 heteroatoms. The molecule has 3 rings (SSSR count). The highest BCUT2D eigenvalue weighted by molar-refractivity contribution is 5.80. The lowest BCUT2D eigenvalue weighted by Gasteiger charge is -2.35. The van der Waals surface area contributed by atoms with Crippen LogP contribution in [0.3, 0.4) is 0 Å². The van der Waals surface area contributed by atoms with E-state index in [0.717, 1.165) is 25.9 Å². The number of anilines is 1. The van der Waals surface area contributed by atoms with E-state index < -0.39 is 0 Å². The van der Waals surface area contributed by atoms with E-state index in [1.807, 2.05) is 23.1 Å². The van der Waals surface area contributed by atoms with Gasteiger partial charge in [-0.3, -0.25) is 19.8 Å². The van der Waals surface area contributed by atoms with E-state index in [4.69, 9.17) is 0 Å². The molecule has 0 spiro atoms. The van der Waals surface area contributed by atoms with Crippen LogP contribution in [0.25, 0.3) is 0 Å². The topological polar surface area (TPSA) is 66.7 Å². The van der Waals surface area contributed by atoms with Crippen LogP contribution in [-0.4, -0.2) is 42.3 Å². The molecule has 124 valence electrons. The monoisotopic (exact) mass is 325 g/mol. The van der Waals surface area contributed by atoms with Crippen LogP contribution in [0.2, 0.25) is 0 Å². The van der Waals surface area contributed by atoms with E-state index in [1.165, 1.54) is 17.7 Å². The normalized spacial score (nSPS) is 15.2. The number of carbonyl (C=O) groups is 1. The lowest BCUT2D eigenvalue weighted by atomic mass is 10.1. The summed E-state index contributed by atoms with van der Waals surface area (Å²) < 4.78 is 0. The Bertz CT molecular complexity index is 726. The minimum atomic E-state index is -0.389. The quantitative estimate of drug-likeness (QED) is 0.480. The zero-order valence-electron chi connectivity index (χ0n) is 13.3. The lowest BCUT2D eigenvalue weighted by Crippen LogP contribution is -2.46. The third-order valence-electron chi connectivity index (χ3n) is 4.29. The molecule has 0 unspecified atom stereocenters. The highest BCUT2D eigenvalue weighted by Gasteiger charge is 2.24. The second-order valence-corrected chi connectivity index (χ2v) is 5.87. The fourth-order valence-electron chi connectivity index (χ4n) is 3.01. The van der Waals surface area contributed by atoms with Gasteiger partial charge >= 0.3 is 0 Å². The van der Waals surface area contributed by atoms with Gasteiger partial charge in [-0.15, -0.1) is 0 Å². The van der Waals surface area contributed by atoms with Crippen molar-refractivity contribution >= 4 is 17.7 Å². The number of nitrogens with zero attached hydrogens (tertiary/aromatic N) is 3. The van der Waals surface area contributed by atoms with Gasteiger partial charge in [0.25, 0.3) is 5.69 Å². The van der Waals surface area contributed by atoms with Crippen LogP contribution in [0.4, 0.5) is 11.4 Å². The number of benzene rings is 2. The molecular weight excluding hydrogens is 306 g/mol. The first kappa shape index (κ1) is 16.1. The summed E-state index contributed by atoms with van der Waals surface area (Å²) >= 11 is 0. The molecule has 1 saturated heterocycles. The maximum absolute atomic E-state index is 11.2. The average molecular weight is 325 g/mol. The first-order valence-corrected chi connectivity index (χ1v) is 7.92. The minimum absolute atomic E-state index is 0.0529. The van der Waals surface area contributed by atoms with Crippen molar-refractivity contribution in [2.24, 2.45) is 0 Å². The van der Waals surface area contributed by atoms with Crippen molar-refractivity contribution in [3.63, 3.8) is 0 Å². The standard InChI is InChI=1S/C18H19N3O3/c22-14-16-6-7-17(21(23)24)18(12-16)20-10-8-19(9-11-20)13-15-4-2-1-3-5-15/h1-7,12,14H,8-11,13H2. The number of hydrogen-bond donors (Lipinski definition) is 0. The Morgan fingerprint density at radius 2 is 1.75 bits per heavy atom. The van der Waals surface area contributed by atoms with Gasteiger partial charge in [0.15, 0.2) is 0 Å². The van der Waals surface area contributed by atoms with Gasteiger partial charge in [0.1, 0.15) is 12.0 Å². The molecule has 0 atom stereocenters. The molecule has 0 bridgehead atoms. The van der Waals surface area contributed by atoms with Crippen molar-refractivity contribution < 1.29 is 9.72 Å². The summed E-state index contributed by atoms with van der Waals surface area (Å²) in [5, 5.41) is 11.2. The largest absolute Gasteiger partial charge is 0.363 e. The molecule has 2 aromatic carbocycles. The molecule has 1 aliphatic rings. The van der Waals surface area contributed by atoms with Crippen molar-refractivity contribution in [1.82, 2.24) is 4.90 Å². The Balaban J connectivity index is 1.70. The molecule has 2 aromatic rings. The zero-order chi connectivity index (χ0) is 16.9. The summed E-state index contributed by atoms with van der Waals surface area (Å²) in [7, 11) is 0. The number of hydrogen-bond acceptors (Lipinski definition) is 5. The van der Waals surface area contributed by atoms with E-state index in [0.29, 0.717) is 24.3 Å². The van der Waals surface area contributed by atoms with Crippen molar-refractivity contribution in [3.8, 4) is 0 Å². The predicted octanol–water partition coefficient (Wildman–Crippen LogP) is 2.73. The maximum Gasteiger partial charge on any atom is 0.292 e. The Morgan fingerprint density at radius 1 is 1.04 bits per heavy atom. The highest BCUT2D eigenvalue weighted by Crippen LogP contribution is 2.29. The molecule has 6 nitrogen and oxygen atoms in total. The maximum atomic E-state index is 11.2. The van der Waals surface area contributed by atoms with Gasteiger partial charge in [0.05, 0.1) is 4.92 Å². The molecule has 0 N–H and O–H groups in total. The van der Waals surface area contributed by atoms with Gasteiger partial charge in [-0.25, -0.2) is 0 Å². The number of nitro groups is 1. The summed E-state index contributed by atoms with van der Waals surface area (Å²) in [5.74, 6) is 0. The van der Waals surface area contributed by atoms with Gasteiger partial charge in [-0.05, 0) is 17.7 Å². The van der Waals surface area contributed by atoms with Crippen LogP contribution in [-0.2, 0) is 6.54 Å². The third-order valence-corrected chi connectivity index (χ3v) is 4.29. The minimum Gasteiger partial charge on any atom is -0.363 e.